The molecule has 2 aromatic rings. The van der Waals surface area contributed by atoms with Crippen molar-refractivity contribution in [1.29, 1.82) is 0 Å². The maximum atomic E-state index is 14.5. The number of halogens is 9. The highest BCUT2D eigenvalue weighted by Crippen LogP contribution is 2.66. The maximum absolute atomic E-state index is 14.5. The van der Waals surface area contributed by atoms with Crippen LogP contribution in [0.1, 0.15) is 19.8 Å². The molecule has 0 aromatic heterocycles. The quantitative estimate of drug-likeness (QED) is 0.307. The zero-order valence-electron chi connectivity index (χ0n) is 18.5. The van der Waals surface area contributed by atoms with E-state index >= 15 is 0 Å². The van der Waals surface area contributed by atoms with E-state index in [1.54, 1.807) is 25.1 Å². The van der Waals surface area contributed by atoms with Crippen molar-refractivity contribution >= 4 is 31.2 Å². The van der Waals surface area contributed by atoms with Crippen molar-refractivity contribution in [3.63, 3.8) is 0 Å². The third kappa shape index (κ3) is 4.67. The summed E-state index contributed by atoms with van der Waals surface area (Å²) in [6, 6.07) is 10.5. The van der Waals surface area contributed by atoms with Gasteiger partial charge >= 0.3 is 33.4 Å². The lowest BCUT2D eigenvalue weighted by Gasteiger charge is -2.39. The molecule has 36 heavy (non-hydrogen) atoms. The zero-order chi connectivity index (χ0) is 27.2. The first kappa shape index (κ1) is 28.9. The highest BCUT2D eigenvalue weighted by atomic mass is 32.3. The zero-order valence-corrected chi connectivity index (χ0v) is 20.1. The summed E-state index contributed by atoms with van der Waals surface area (Å²) in [7, 11) is -10.5. The van der Waals surface area contributed by atoms with E-state index in [1.807, 2.05) is 0 Å². The Kier molecular flexibility index (Phi) is 7.65. The van der Waals surface area contributed by atoms with E-state index in [9.17, 15) is 47.9 Å². The van der Waals surface area contributed by atoms with Crippen molar-refractivity contribution in [2.24, 2.45) is 0 Å². The van der Waals surface area contributed by atoms with Crippen LogP contribution in [0.25, 0.3) is 10.8 Å². The topological polar surface area (TPSA) is 52.6 Å². The van der Waals surface area contributed by atoms with E-state index in [0.717, 1.165) is 0 Å². The minimum absolute atomic E-state index is 0.0356. The number of hydrogen-bond donors (Lipinski definition) is 0. The van der Waals surface area contributed by atoms with Crippen LogP contribution < -0.4 is 0 Å². The van der Waals surface area contributed by atoms with Crippen LogP contribution in [0, 0.1) is 0 Å². The highest BCUT2D eigenvalue weighted by Gasteiger charge is 2.86. The monoisotopic (exact) mass is 572 g/mol. The molecule has 1 aliphatic heterocycles. The van der Waals surface area contributed by atoms with Crippen molar-refractivity contribution in [2.75, 3.05) is 18.1 Å². The van der Waals surface area contributed by atoms with E-state index < -0.39 is 49.8 Å². The Hall–Kier alpha value is -1.71. The first-order chi connectivity index (χ1) is 16.4. The Bertz CT molecular complexity index is 1200. The van der Waals surface area contributed by atoms with Gasteiger partial charge in [-0.15, -0.1) is 0 Å². The number of alkyl halides is 9. The predicted molar refractivity (Wildman–Crippen MR) is 115 cm³/mol. The van der Waals surface area contributed by atoms with Gasteiger partial charge in [0.1, 0.15) is 0 Å². The molecule has 1 fully saturated rings. The van der Waals surface area contributed by atoms with E-state index in [0.29, 0.717) is 17.2 Å². The van der Waals surface area contributed by atoms with Gasteiger partial charge in [-0.25, -0.2) is 3.63 Å². The lowest BCUT2D eigenvalue weighted by molar-refractivity contribution is -0.382. The molecule has 0 spiro atoms. The minimum atomic E-state index is -7.37. The molecule has 0 radical (unpaired) electrons. The van der Waals surface area contributed by atoms with Crippen LogP contribution in [-0.2, 0) is 18.5 Å². The summed E-state index contributed by atoms with van der Waals surface area (Å²) in [6.45, 7) is 1.94. The standard InChI is InChI=1S/C21H21F9O4S2/c1-2-11-33-15-10-12-35(13-15,17-9-5-7-14-6-3-4-8-16(14)17)34-36(31,32)21(29,30)19(24,25)18(22,23)20(26,27)28/h3-9,15H,2,10-13H2,1H3. The molecule has 1 aliphatic rings. The van der Waals surface area contributed by atoms with Gasteiger partial charge in [0.2, 0.25) is 0 Å². The number of benzene rings is 2. The summed E-state index contributed by atoms with van der Waals surface area (Å²) < 4.78 is 157. The van der Waals surface area contributed by atoms with Crippen LogP contribution in [0.2, 0.25) is 0 Å². The van der Waals surface area contributed by atoms with Gasteiger partial charge < -0.3 is 4.74 Å². The molecular formula is C21H21F9O4S2. The van der Waals surface area contributed by atoms with E-state index in [2.05, 4.69) is 0 Å². The Morgan fingerprint density at radius 2 is 1.53 bits per heavy atom. The molecule has 4 nitrogen and oxygen atoms in total. The van der Waals surface area contributed by atoms with Crippen LogP contribution in [0.4, 0.5) is 39.5 Å². The summed E-state index contributed by atoms with van der Waals surface area (Å²) in [4.78, 5) is 0.0356. The van der Waals surface area contributed by atoms with Crippen molar-refractivity contribution in [3.8, 4) is 0 Å². The van der Waals surface area contributed by atoms with Crippen LogP contribution in [0.3, 0.4) is 0 Å². The van der Waals surface area contributed by atoms with Crippen molar-refractivity contribution in [3.05, 3.63) is 42.5 Å². The second kappa shape index (κ2) is 9.55. The fourth-order valence-corrected chi connectivity index (χ4v) is 9.68. The van der Waals surface area contributed by atoms with Gasteiger partial charge in [0.15, 0.2) is 0 Å². The van der Waals surface area contributed by atoms with Gasteiger partial charge in [-0.1, -0.05) is 53.6 Å². The largest absolute Gasteiger partial charge is 0.460 e. The molecule has 2 atom stereocenters. The van der Waals surface area contributed by atoms with Crippen molar-refractivity contribution in [2.45, 2.75) is 54.0 Å². The smallest absolute Gasteiger partial charge is 0.377 e. The summed E-state index contributed by atoms with van der Waals surface area (Å²) in [5.41, 5.74) is 0. The van der Waals surface area contributed by atoms with Crippen LogP contribution >= 0.6 is 10.3 Å². The van der Waals surface area contributed by atoms with E-state index in [1.165, 1.54) is 24.3 Å². The number of hydrogen-bond acceptors (Lipinski definition) is 4. The summed E-state index contributed by atoms with van der Waals surface area (Å²) in [5.74, 6) is -15.4. The van der Waals surface area contributed by atoms with Gasteiger partial charge in [-0.3, -0.25) is 0 Å². The third-order valence-electron chi connectivity index (χ3n) is 5.58. The Labute approximate surface area is 202 Å². The highest BCUT2D eigenvalue weighted by molar-refractivity contribution is 8.33. The third-order valence-corrected chi connectivity index (χ3v) is 11.2. The summed E-state index contributed by atoms with van der Waals surface area (Å²) in [5, 5.41) is -6.11. The lowest BCUT2D eigenvalue weighted by Crippen LogP contribution is -2.63. The number of rotatable bonds is 9. The average molecular weight is 573 g/mol. The molecule has 2 aromatic carbocycles. The number of ether oxygens (including phenoxy) is 1. The molecule has 0 aliphatic carbocycles. The fraction of sp³-hybridized carbons (Fsp3) is 0.524. The van der Waals surface area contributed by atoms with E-state index in [4.69, 9.17) is 8.37 Å². The molecule has 0 bridgehead atoms. The van der Waals surface area contributed by atoms with Crippen LogP contribution in [0.15, 0.2) is 47.4 Å². The van der Waals surface area contributed by atoms with Crippen molar-refractivity contribution < 1.29 is 56.3 Å². The molecule has 3 rings (SSSR count). The SMILES string of the molecule is CCCOC1CCS(OS(=O)(=O)C(F)(F)C(F)(F)C(F)(F)C(F)(F)F)(c2cccc3ccccc23)C1. The minimum Gasteiger partial charge on any atom is -0.377 e. The van der Waals surface area contributed by atoms with Gasteiger partial charge in [0, 0.05) is 23.0 Å². The molecule has 1 saturated heterocycles. The Balaban J connectivity index is 2.13. The predicted octanol–water partition coefficient (Wildman–Crippen LogP) is 6.89. The molecule has 0 amide bonds. The molecule has 15 heteroatoms. The Morgan fingerprint density at radius 1 is 0.917 bits per heavy atom. The second-order valence-electron chi connectivity index (χ2n) is 8.13. The first-order valence-electron chi connectivity index (χ1n) is 10.5. The average Bonchev–Trinajstić information content (AvgIpc) is 3.19. The summed E-state index contributed by atoms with van der Waals surface area (Å²) in [6.07, 6.45) is -7.33. The van der Waals surface area contributed by atoms with E-state index in [-0.39, 0.29) is 29.4 Å². The first-order valence-corrected chi connectivity index (χ1v) is 13.8. The molecule has 1 heterocycles. The fourth-order valence-electron chi connectivity index (χ4n) is 3.75. The van der Waals surface area contributed by atoms with Crippen LogP contribution in [-0.4, -0.2) is 55.9 Å². The molecule has 2 unspecified atom stereocenters. The van der Waals surface area contributed by atoms with Gasteiger partial charge in [-0.05, 0) is 29.7 Å². The van der Waals surface area contributed by atoms with Crippen molar-refractivity contribution in [1.82, 2.24) is 0 Å². The van der Waals surface area contributed by atoms with Gasteiger partial charge in [-0.2, -0.15) is 47.9 Å². The van der Waals surface area contributed by atoms with Gasteiger partial charge in [0.25, 0.3) is 0 Å². The Morgan fingerprint density at radius 3 is 2.14 bits per heavy atom. The molecular weight excluding hydrogens is 551 g/mol. The number of fused-ring (bicyclic) bond motifs is 1. The summed E-state index contributed by atoms with van der Waals surface area (Å²) >= 11 is 0. The second-order valence-corrected chi connectivity index (χ2v) is 12.9. The normalized spacial score (nSPS) is 24.1. The molecule has 0 saturated carbocycles. The molecule has 0 N–H and O–H groups in total. The lowest BCUT2D eigenvalue weighted by atomic mass is 10.1. The van der Waals surface area contributed by atoms with Crippen LogP contribution in [0.5, 0.6) is 0 Å². The molecule has 204 valence electrons. The maximum Gasteiger partial charge on any atom is 0.460 e. The van der Waals surface area contributed by atoms with Gasteiger partial charge in [0.05, 0.1) is 6.10 Å².